The van der Waals surface area contributed by atoms with Crippen molar-refractivity contribution in [3.63, 3.8) is 0 Å². The summed E-state index contributed by atoms with van der Waals surface area (Å²) in [6.45, 7) is 0. The molecule has 0 aliphatic rings. The van der Waals surface area contributed by atoms with Crippen LogP contribution < -0.4 is 0 Å². The van der Waals surface area contributed by atoms with Crippen LogP contribution in [0.15, 0.2) is 0 Å². The van der Waals surface area contributed by atoms with Crippen molar-refractivity contribution in [3.05, 3.63) is 0 Å². The molecule has 0 radical (unpaired) electrons. The van der Waals surface area contributed by atoms with Crippen molar-refractivity contribution in [1.29, 1.82) is 0 Å². The highest BCUT2D eigenvalue weighted by molar-refractivity contribution is 5.85. The Labute approximate surface area is 29.1 Å². The number of hydrogen-bond acceptors (Lipinski definition) is 3. The van der Waals surface area contributed by atoms with Crippen molar-refractivity contribution >= 4 is 12.4 Å². The Morgan fingerprint density at radius 2 is 1.25 bits per heavy atom. The first kappa shape index (κ1) is 8.90. The van der Waals surface area contributed by atoms with Gasteiger partial charge in [-0.2, -0.15) is 0 Å². The lowest BCUT2D eigenvalue weighted by Crippen LogP contribution is -1.60. The van der Waals surface area contributed by atoms with E-state index in [1.165, 1.54) is 0 Å². The van der Waals surface area contributed by atoms with E-state index < -0.39 is 0 Å². The maximum Gasteiger partial charge on any atom is -0.0737 e. The molecule has 4 heteroatoms. The van der Waals surface area contributed by atoms with E-state index in [4.69, 9.17) is 10.5 Å². The summed E-state index contributed by atoms with van der Waals surface area (Å²) < 4.78 is 0. The normalized spacial score (nSPS) is 4.50. The molecule has 0 aliphatic carbocycles. The van der Waals surface area contributed by atoms with Crippen LogP contribution in [0.2, 0.25) is 0 Å². The zero-order valence-corrected chi connectivity index (χ0v) is 2.53. The van der Waals surface area contributed by atoms with Gasteiger partial charge in [-0.1, -0.05) is 5.04 Å². The molecule has 0 aromatic rings. The van der Waals surface area contributed by atoms with Gasteiger partial charge in [0.2, 0.25) is 0 Å². The van der Waals surface area contributed by atoms with Crippen LogP contribution in [0, 0.1) is 0 Å². The van der Waals surface area contributed by atoms with E-state index in [1.54, 1.807) is 0 Å². The summed E-state index contributed by atoms with van der Waals surface area (Å²) in [7, 11) is 0. The van der Waals surface area contributed by atoms with Gasteiger partial charge in [0.1, 0.15) is 0 Å². The number of hydrogen-bond donors (Lipinski definition) is 2. The summed E-state index contributed by atoms with van der Waals surface area (Å²) in [5.41, 5.74) is 0. The zero-order valence-electron chi connectivity index (χ0n) is 1.71. The molecule has 0 saturated carbocycles. The Morgan fingerprint density at radius 3 is 1.25 bits per heavy atom. The highest BCUT2D eigenvalue weighted by Crippen LogP contribution is 1.24. The summed E-state index contributed by atoms with van der Waals surface area (Å²) in [4.78, 5) is 0. The molecule has 0 atom stereocenters. The first-order valence-corrected chi connectivity index (χ1v) is 0.365. The summed E-state index contributed by atoms with van der Waals surface area (Å²) in [6.07, 6.45) is 0. The molecule has 0 rings (SSSR count). The molecule has 0 aliphatic heterocycles. The predicted octanol–water partition coefficient (Wildman–Crippen LogP) is 0.371. The van der Waals surface area contributed by atoms with Gasteiger partial charge in [-0.05, 0) is 0 Å². The minimum absolute atomic E-state index is 0. The van der Waals surface area contributed by atoms with Crippen LogP contribution in [0.3, 0.4) is 0 Å². The van der Waals surface area contributed by atoms with Crippen molar-refractivity contribution < 1.29 is 15.6 Å². The average Bonchev–Trinajstić information content (AvgIpc) is 0.918. The molecule has 2 N–H and O–H groups in total. The Hall–Kier alpha value is 0.170. The lowest BCUT2D eigenvalue weighted by molar-refractivity contribution is -0.465. The van der Waals surface area contributed by atoms with Crippen molar-refractivity contribution in [1.82, 2.24) is 0 Å². The molecule has 0 fully saturated rings. The largest absolute Gasteiger partial charge is 0.221 e. The first-order valence-electron chi connectivity index (χ1n) is 0.365. The van der Waals surface area contributed by atoms with E-state index in [2.05, 4.69) is 5.04 Å². The number of halogens is 1. The van der Waals surface area contributed by atoms with E-state index in [1.807, 2.05) is 0 Å². The molecule has 4 heavy (non-hydrogen) atoms. The Morgan fingerprint density at radius 1 is 1.25 bits per heavy atom. The van der Waals surface area contributed by atoms with Crippen LogP contribution in [-0.4, -0.2) is 10.5 Å². The van der Waals surface area contributed by atoms with Crippen molar-refractivity contribution in [2.75, 3.05) is 0 Å². The van der Waals surface area contributed by atoms with Gasteiger partial charge < -0.3 is 0 Å². The van der Waals surface area contributed by atoms with E-state index >= 15 is 0 Å². The second kappa shape index (κ2) is 10.9. The van der Waals surface area contributed by atoms with Gasteiger partial charge in [0.15, 0.2) is 0 Å². The third-order valence-electron chi connectivity index (χ3n) is 0. The van der Waals surface area contributed by atoms with E-state index in [-0.39, 0.29) is 12.4 Å². The minimum Gasteiger partial charge on any atom is -0.221 e. The van der Waals surface area contributed by atoms with Crippen LogP contribution in [-0.2, 0) is 5.04 Å². The van der Waals surface area contributed by atoms with Crippen molar-refractivity contribution in [2.45, 2.75) is 0 Å². The third-order valence-corrected chi connectivity index (χ3v) is 0. The molecule has 28 valence electrons. The molecule has 0 spiro atoms. The fraction of sp³-hybridized carbons (Fsp3) is 0. The molecule has 0 heterocycles. The highest BCUT2D eigenvalue weighted by Gasteiger charge is 1.27. The highest BCUT2D eigenvalue weighted by atomic mass is 35.5. The third kappa shape index (κ3) is 103. The second-order valence-corrected chi connectivity index (χ2v) is 0.0816. The second-order valence-electron chi connectivity index (χ2n) is 0.0816. The summed E-state index contributed by atoms with van der Waals surface area (Å²) in [6, 6.07) is 0. The van der Waals surface area contributed by atoms with Gasteiger partial charge in [-0.3, -0.25) is 0 Å². The fourth-order valence-electron chi connectivity index (χ4n) is 0. The molecule has 0 unspecified atom stereocenters. The predicted molar refractivity (Wildman–Crippen MR) is 13.6 cm³/mol. The molecular formula is H3ClO3. The van der Waals surface area contributed by atoms with E-state index in [0.29, 0.717) is 0 Å². The standard InChI is InChI=1S/ClH.H2O3/c;1-3-2/h1H;1-2H. The smallest absolute Gasteiger partial charge is 0.0737 e. The molecule has 0 amide bonds. The van der Waals surface area contributed by atoms with Gasteiger partial charge in [0.05, 0.1) is 0 Å². The summed E-state index contributed by atoms with van der Waals surface area (Å²) in [5.74, 6) is 0. The van der Waals surface area contributed by atoms with Crippen LogP contribution >= 0.6 is 12.4 Å². The Balaban J connectivity index is 0. The first-order chi connectivity index (χ1) is 1.41. The Bertz CT molecular complexity index is 3.25. The van der Waals surface area contributed by atoms with Crippen LogP contribution in [0.4, 0.5) is 0 Å². The van der Waals surface area contributed by atoms with Crippen LogP contribution in [0.25, 0.3) is 0 Å². The van der Waals surface area contributed by atoms with Gasteiger partial charge in [0, 0.05) is 0 Å². The van der Waals surface area contributed by atoms with Crippen LogP contribution in [0.1, 0.15) is 0 Å². The molecule has 0 aromatic carbocycles. The van der Waals surface area contributed by atoms with E-state index in [0.717, 1.165) is 0 Å². The summed E-state index contributed by atoms with van der Waals surface area (Å²) >= 11 is 0. The lowest BCUT2D eigenvalue weighted by atomic mass is 14.6. The maximum absolute atomic E-state index is 6.62. The van der Waals surface area contributed by atoms with Crippen molar-refractivity contribution in [3.8, 4) is 0 Å². The average molecular weight is 86.5 g/mol. The monoisotopic (exact) mass is 86.0 g/mol. The van der Waals surface area contributed by atoms with Gasteiger partial charge in [0.25, 0.3) is 0 Å². The topological polar surface area (TPSA) is 49.7 Å². The lowest BCUT2D eigenvalue weighted by Gasteiger charge is -1.56. The fourth-order valence-corrected chi connectivity index (χ4v) is 0. The molecular weight excluding hydrogens is 83.5 g/mol. The maximum atomic E-state index is 6.62. The van der Waals surface area contributed by atoms with Gasteiger partial charge in [-0.25, -0.2) is 10.5 Å². The minimum atomic E-state index is 0. The molecule has 0 bridgehead atoms. The summed E-state index contributed by atoms with van der Waals surface area (Å²) in [5, 5.41) is 15.5. The molecule has 3 nitrogen and oxygen atoms in total. The van der Waals surface area contributed by atoms with E-state index in [9.17, 15) is 0 Å². The number of rotatable bonds is 0. The Kier molecular flexibility index (Phi) is 24.3. The van der Waals surface area contributed by atoms with Crippen molar-refractivity contribution in [2.24, 2.45) is 0 Å². The zero-order chi connectivity index (χ0) is 2.71. The SMILES string of the molecule is Cl.OOO. The van der Waals surface area contributed by atoms with Crippen LogP contribution in [0.5, 0.6) is 0 Å². The molecule has 0 aromatic heterocycles. The van der Waals surface area contributed by atoms with Gasteiger partial charge >= 0.3 is 0 Å². The van der Waals surface area contributed by atoms with Gasteiger partial charge in [-0.15, -0.1) is 12.4 Å². The molecule has 0 saturated heterocycles. The quantitative estimate of drug-likeness (QED) is 0.331.